The van der Waals surface area contributed by atoms with Gasteiger partial charge in [0.05, 0.1) is 13.0 Å². The van der Waals surface area contributed by atoms with Crippen molar-refractivity contribution in [2.45, 2.75) is 13.0 Å². The van der Waals surface area contributed by atoms with Gasteiger partial charge in [0.1, 0.15) is 0 Å². The largest absolute Gasteiger partial charge is 0.314 e. The molecule has 2 nitrogen and oxygen atoms in total. The molecule has 0 aromatic heterocycles. The van der Waals surface area contributed by atoms with Gasteiger partial charge in [-0.1, -0.05) is 36.9 Å². The molecule has 0 atom stereocenters. The van der Waals surface area contributed by atoms with Gasteiger partial charge in [0.15, 0.2) is 0 Å². The fraction of sp³-hybridized carbons (Fsp3) is 0.154. The predicted octanol–water partition coefficient (Wildman–Crippen LogP) is 2.49. The molecule has 0 fully saturated rings. The second-order valence-corrected chi connectivity index (χ2v) is 3.66. The van der Waals surface area contributed by atoms with Crippen LogP contribution < -0.4 is 0 Å². The molecule has 0 aliphatic carbocycles. The highest BCUT2D eigenvalue weighted by molar-refractivity contribution is 5.81. The van der Waals surface area contributed by atoms with E-state index in [9.17, 15) is 4.79 Å². The molecule has 0 unspecified atom stereocenters. The summed E-state index contributed by atoms with van der Waals surface area (Å²) in [4.78, 5) is 13.3. The van der Waals surface area contributed by atoms with Gasteiger partial charge >= 0.3 is 0 Å². The summed E-state index contributed by atoms with van der Waals surface area (Å²) in [6, 6.07) is 9.97. The molecule has 1 amide bonds. The Bertz CT molecular complexity index is 406. The normalized spacial score (nSPS) is 15.9. The summed E-state index contributed by atoms with van der Waals surface area (Å²) in [6.07, 6.45) is 4.13. The minimum Gasteiger partial charge on any atom is -0.314 e. The third-order valence-corrected chi connectivity index (χ3v) is 2.38. The van der Waals surface area contributed by atoms with E-state index in [-0.39, 0.29) is 5.91 Å². The average molecular weight is 199 g/mol. The van der Waals surface area contributed by atoms with Gasteiger partial charge in [0.2, 0.25) is 5.91 Å². The SMILES string of the molecule is C=C1C=CN(Cc2ccccc2)C(=O)C1. The van der Waals surface area contributed by atoms with Crippen molar-refractivity contribution in [2.24, 2.45) is 0 Å². The Morgan fingerprint density at radius 3 is 2.67 bits per heavy atom. The Morgan fingerprint density at radius 1 is 1.27 bits per heavy atom. The number of carbonyl (C=O) groups is 1. The van der Waals surface area contributed by atoms with Gasteiger partial charge in [-0.15, -0.1) is 0 Å². The van der Waals surface area contributed by atoms with E-state index < -0.39 is 0 Å². The Labute approximate surface area is 89.5 Å². The van der Waals surface area contributed by atoms with Crippen molar-refractivity contribution in [1.82, 2.24) is 4.90 Å². The third-order valence-electron chi connectivity index (χ3n) is 2.38. The van der Waals surface area contributed by atoms with Crippen LogP contribution in [-0.2, 0) is 11.3 Å². The van der Waals surface area contributed by atoms with Crippen LogP contribution in [0.4, 0.5) is 0 Å². The molecule has 15 heavy (non-hydrogen) atoms. The van der Waals surface area contributed by atoms with Crippen molar-refractivity contribution < 1.29 is 4.79 Å². The Kier molecular flexibility index (Phi) is 2.68. The van der Waals surface area contributed by atoms with Crippen LogP contribution in [0.1, 0.15) is 12.0 Å². The standard InChI is InChI=1S/C13H13NO/c1-11-7-8-14(13(15)9-11)10-12-5-3-2-4-6-12/h2-8H,1,9-10H2. The number of carbonyl (C=O) groups excluding carboxylic acids is 1. The molecule has 2 rings (SSSR count). The van der Waals surface area contributed by atoms with Gasteiger partial charge in [-0.25, -0.2) is 0 Å². The minimum atomic E-state index is 0.117. The van der Waals surface area contributed by atoms with Gasteiger partial charge in [0, 0.05) is 6.20 Å². The second kappa shape index (κ2) is 4.13. The maximum absolute atomic E-state index is 11.6. The molecular formula is C13H13NO. The van der Waals surface area contributed by atoms with E-state index in [0.717, 1.165) is 11.1 Å². The van der Waals surface area contributed by atoms with Gasteiger partial charge in [-0.2, -0.15) is 0 Å². The molecular weight excluding hydrogens is 186 g/mol. The molecule has 0 saturated carbocycles. The summed E-state index contributed by atoms with van der Waals surface area (Å²) in [7, 11) is 0. The summed E-state index contributed by atoms with van der Waals surface area (Å²) in [5.41, 5.74) is 2.02. The van der Waals surface area contributed by atoms with Crippen LogP contribution >= 0.6 is 0 Å². The van der Waals surface area contributed by atoms with Crippen LogP contribution in [0, 0.1) is 0 Å². The number of benzene rings is 1. The molecule has 1 aliphatic heterocycles. The highest BCUT2D eigenvalue weighted by atomic mass is 16.2. The fourth-order valence-corrected chi connectivity index (χ4v) is 1.55. The van der Waals surface area contributed by atoms with Gasteiger partial charge in [0.25, 0.3) is 0 Å². The van der Waals surface area contributed by atoms with Crippen LogP contribution in [0.25, 0.3) is 0 Å². The number of rotatable bonds is 2. The number of hydrogen-bond acceptors (Lipinski definition) is 1. The van der Waals surface area contributed by atoms with Crippen LogP contribution in [0.5, 0.6) is 0 Å². The molecule has 1 heterocycles. The van der Waals surface area contributed by atoms with E-state index in [1.807, 2.05) is 36.4 Å². The summed E-state index contributed by atoms with van der Waals surface area (Å²) < 4.78 is 0. The van der Waals surface area contributed by atoms with Crippen molar-refractivity contribution >= 4 is 5.91 Å². The van der Waals surface area contributed by atoms with Crippen molar-refractivity contribution in [3.63, 3.8) is 0 Å². The molecule has 0 N–H and O–H groups in total. The third kappa shape index (κ3) is 2.34. The van der Waals surface area contributed by atoms with E-state index in [1.54, 1.807) is 11.1 Å². The number of amides is 1. The van der Waals surface area contributed by atoms with Crippen LogP contribution in [0.15, 0.2) is 54.8 Å². The maximum atomic E-state index is 11.6. The zero-order valence-electron chi connectivity index (χ0n) is 8.52. The van der Waals surface area contributed by atoms with Crippen LogP contribution in [0.3, 0.4) is 0 Å². The lowest BCUT2D eigenvalue weighted by Crippen LogP contribution is -2.27. The smallest absolute Gasteiger partial charge is 0.231 e. The number of allylic oxidation sites excluding steroid dienone is 1. The fourth-order valence-electron chi connectivity index (χ4n) is 1.55. The average Bonchev–Trinajstić information content (AvgIpc) is 2.24. The molecule has 0 radical (unpaired) electrons. The molecule has 0 saturated heterocycles. The van der Waals surface area contributed by atoms with Crippen LogP contribution in [-0.4, -0.2) is 10.8 Å². The molecule has 1 aliphatic rings. The monoisotopic (exact) mass is 199 g/mol. The topological polar surface area (TPSA) is 20.3 Å². The van der Waals surface area contributed by atoms with E-state index in [2.05, 4.69) is 6.58 Å². The van der Waals surface area contributed by atoms with Gasteiger partial charge in [-0.3, -0.25) is 4.79 Å². The van der Waals surface area contributed by atoms with Crippen molar-refractivity contribution in [1.29, 1.82) is 0 Å². The second-order valence-electron chi connectivity index (χ2n) is 3.66. The van der Waals surface area contributed by atoms with E-state index in [0.29, 0.717) is 13.0 Å². The Morgan fingerprint density at radius 2 is 2.00 bits per heavy atom. The number of nitrogens with zero attached hydrogens (tertiary/aromatic N) is 1. The molecule has 0 bridgehead atoms. The quantitative estimate of drug-likeness (QED) is 0.716. The zero-order chi connectivity index (χ0) is 10.7. The lowest BCUT2D eigenvalue weighted by Gasteiger charge is -2.22. The first kappa shape index (κ1) is 9.71. The molecule has 0 spiro atoms. The van der Waals surface area contributed by atoms with Gasteiger partial charge in [-0.05, 0) is 17.2 Å². The number of hydrogen-bond donors (Lipinski definition) is 0. The summed E-state index contributed by atoms with van der Waals surface area (Å²) in [5.74, 6) is 0.117. The Balaban J connectivity index is 2.10. The maximum Gasteiger partial charge on any atom is 0.231 e. The molecule has 2 heteroatoms. The van der Waals surface area contributed by atoms with Gasteiger partial charge < -0.3 is 4.90 Å². The van der Waals surface area contributed by atoms with Crippen molar-refractivity contribution in [3.8, 4) is 0 Å². The summed E-state index contributed by atoms with van der Waals surface area (Å²) in [6.45, 7) is 4.41. The van der Waals surface area contributed by atoms with Crippen LogP contribution in [0.2, 0.25) is 0 Å². The molecule has 76 valence electrons. The van der Waals surface area contributed by atoms with E-state index in [1.165, 1.54) is 0 Å². The lowest BCUT2D eigenvalue weighted by atomic mass is 10.1. The highest BCUT2D eigenvalue weighted by Gasteiger charge is 2.15. The first-order chi connectivity index (χ1) is 7.25. The lowest BCUT2D eigenvalue weighted by molar-refractivity contribution is -0.128. The van der Waals surface area contributed by atoms with E-state index in [4.69, 9.17) is 0 Å². The predicted molar refractivity (Wildman–Crippen MR) is 59.9 cm³/mol. The zero-order valence-corrected chi connectivity index (χ0v) is 8.52. The minimum absolute atomic E-state index is 0.117. The molecule has 1 aromatic carbocycles. The highest BCUT2D eigenvalue weighted by Crippen LogP contribution is 2.15. The summed E-state index contributed by atoms with van der Waals surface area (Å²) >= 11 is 0. The first-order valence-electron chi connectivity index (χ1n) is 4.95. The molecule has 1 aromatic rings. The Hall–Kier alpha value is -1.83. The van der Waals surface area contributed by atoms with E-state index >= 15 is 0 Å². The van der Waals surface area contributed by atoms with Crippen molar-refractivity contribution in [3.05, 3.63) is 60.3 Å². The van der Waals surface area contributed by atoms with Crippen molar-refractivity contribution in [2.75, 3.05) is 0 Å². The summed E-state index contributed by atoms with van der Waals surface area (Å²) in [5, 5.41) is 0. The first-order valence-corrected chi connectivity index (χ1v) is 4.95.